The number of hydrogen-bond acceptors (Lipinski definition) is 4. The molecule has 149 valence electrons. The van der Waals surface area contributed by atoms with E-state index < -0.39 is 0 Å². The summed E-state index contributed by atoms with van der Waals surface area (Å²) in [6, 6.07) is 14.1. The van der Waals surface area contributed by atoms with E-state index in [9.17, 15) is 0 Å². The molecule has 0 N–H and O–H groups in total. The maximum atomic E-state index is 5.87. The van der Waals surface area contributed by atoms with E-state index in [0.29, 0.717) is 0 Å². The van der Waals surface area contributed by atoms with Crippen molar-refractivity contribution < 1.29 is 9.47 Å². The number of amidine groups is 1. The molecule has 1 aliphatic heterocycles. The molecule has 0 aromatic heterocycles. The minimum Gasteiger partial charge on any atom is -0.494 e. The molecule has 3 rings (SSSR count). The SMILES string of the molecule is CCCCCCOc1ccc2c(c1)SN=C(c1ccc(OCCCC)cc1)[N]2. The highest BCUT2D eigenvalue weighted by atomic mass is 32.2. The van der Waals surface area contributed by atoms with Gasteiger partial charge in [0.05, 0.1) is 23.8 Å². The molecule has 0 aliphatic carbocycles. The van der Waals surface area contributed by atoms with Gasteiger partial charge in [-0.1, -0.05) is 39.5 Å². The maximum absolute atomic E-state index is 5.87. The molecule has 5 heteroatoms. The van der Waals surface area contributed by atoms with Crippen LogP contribution in [0.5, 0.6) is 11.5 Å². The zero-order chi connectivity index (χ0) is 19.6. The van der Waals surface area contributed by atoms with E-state index in [4.69, 9.17) is 14.8 Å². The highest BCUT2D eigenvalue weighted by Gasteiger charge is 2.17. The first kappa shape index (κ1) is 20.6. The topological polar surface area (TPSA) is 44.9 Å². The largest absolute Gasteiger partial charge is 0.494 e. The van der Waals surface area contributed by atoms with Crippen LogP contribution in [0, 0.1) is 0 Å². The third-order valence-corrected chi connectivity index (χ3v) is 5.32. The Labute approximate surface area is 172 Å². The second-order valence-corrected chi connectivity index (χ2v) is 7.69. The lowest BCUT2D eigenvalue weighted by Gasteiger charge is -2.16. The maximum Gasteiger partial charge on any atom is 0.168 e. The van der Waals surface area contributed by atoms with Crippen molar-refractivity contribution in [2.75, 3.05) is 13.2 Å². The number of rotatable bonds is 11. The molecule has 0 saturated carbocycles. The Kier molecular flexibility index (Phi) is 8.09. The first-order chi connectivity index (χ1) is 13.8. The second kappa shape index (κ2) is 11.0. The van der Waals surface area contributed by atoms with Gasteiger partial charge in [-0.15, -0.1) is 0 Å². The predicted molar refractivity (Wildman–Crippen MR) is 117 cm³/mol. The van der Waals surface area contributed by atoms with Crippen LogP contribution in [-0.2, 0) is 0 Å². The summed E-state index contributed by atoms with van der Waals surface area (Å²) in [7, 11) is 0. The molecule has 0 saturated heterocycles. The van der Waals surface area contributed by atoms with Crippen molar-refractivity contribution in [3.8, 4) is 11.5 Å². The van der Waals surface area contributed by atoms with E-state index in [1.165, 1.54) is 31.2 Å². The van der Waals surface area contributed by atoms with Crippen LogP contribution in [0.4, 0.5) is 5.69 Å². The van der Waals surface area contributed by atoms with Gasteiger partial charge in [-0.05, 0) is 55.3 Å². The van der Waals surface area contributed by atoms with Gasteiger partial charge in [0.25, 0.3) is 0 Å². The van der Waals surface area contributed by atoms with Gasteiger partial charge < -0.3 is 9.47 Å². The van der Waals surface area contributed by atoms with Crippen molar-refractivity contribution in [3.05, 3.63) is 48.0 Å². The molecular weight excluding hydrogens is 368 g/mol. The number of hydrogen-bond donors (Lipinski definition) is 0. The molecule has 0 atom stereocenters. The standard InChI is InChI=1S/C23H29N2O2S/c1-3-5-7-8-16-27-20-13-14-21-22(17-20)28-25-23(24-21)18-9-11-19(12-10-18)26-15-6-4-2/h9-14,17H,3-8,15-16H2,1-2H3. The van der Waals surface area contributed by atoms with Gasteiger partial charge in [-0.2, -0.15) is 4.40 Å². The lowest BCUT2D eigenvalue weighted by atomic mass is 10.2. The Morgan fingerprint density at radius 3 is 2.29 bits per heavy atom. The fourth-order valence-corrected chi connectivity index (χ4v) is 3.55. The van der Waals surface area contributed by atoms with E-state index in [1.807, 2.05) is 42.5 Å². The fraction of sp³-hybridized carbons (Fsp3) is 0.435. The van der Waals surface area contributed by atoms with E-state index in [0.717, 1.165) is 66.0 Å². The fourth-order valence-electron chi connectivity index (χ4n) is 2.85. The molecule has 1 aliphatic rings. The Hall–Kier alpha value is -2.14. The van der Waals surface area contributed by atoms with Crippen molar-refractivity contribution in [2.24, 2.45) is 4.40 Å². The number of ether oxygens (including phenoxy) is 2. The van der Waals surface area contributed by atoms with Crippen molar-refractivity contribution in [2.45, 2.75) is 57.3 Å². The summed E-state index contributed by atoms with van der Waals surface area (Å²) < 4.78 is 16.2. The lowest BCUT2D eigenvalue weighted by Crippen LogP contribution is -2.15. The summed E-state index contributed by atoms with van der Waals surface area (Å²) in [4.78, 5) is 1.04. The van der Waals surface area contributed by atoms with Crippen LogP contribution in [0.3, 0.4) is 0 Å². The third-order valence-electron chi connectivity index (χ3n) is 4.53. The van der Waals surface area contributed by atoms with E-state index in [2.05, 4.69) is 18.2 Å². The van der Waals surface area contributed by atoms with Crippen molar-refractivity contribution in [1.82, 2.24) is 5.32 Å². The second-order valence-electron chi connectivity index (χ2n) is 6.88. The van der Waals surface area contributed by atoms with Crippen LogP contribution < -0.4 is 14.8 Å². The predicted octanol–water partition coefficient (Wildman–Crippen LogP) is 6.53. The average molecular weight is 398 g/mol. The molecule has 1 heterocycles. The Bertz CT molecular complexity index is 775. The first-order valence-electron chi connectivity index (χ1n) is 10.3. The van der Waals surface area contributed by atoms with Crippen LogP contribution in [-0.4, -0.2) is 19.0 Å². The van der Waals surface area contributed by atoms with Gasteiger partial charge in [-0.25, -0.2) is 5.32 Å². The van der Waals surface area contributed by atoms with E-state index in [1.54, 1.807) is 0 Å². The summed E-state index contributed by atoms with van der Waals surface area (Å²) in [5.41, 5.74) is 1.94. The Balaban J connectivity index is 1.55. The minimum atomic E-state index is 0.742. The van der Waals surface area contributed by atoms with Crippen molar-refractivity contribution in [3.63, 3.8) is 0 Å². The molecular formula is C23H29N2O2S. The number of nitrogens with zero attached hydrogens (tertiary/aromatic N) is 2. The zero-order valence-electron chi connectivity index (χ0n) is 16.8. The van der Waals surface area contributed by atoms with E-state index in [-0.39, 0.29) is 0 Å². The summed E-state index contributed by atoms with van der Waals surface area (Å²) in [6.07, 6.45) is 7.04. The molecule has 2 aromatic carbocycles. The molecule has 28 heavy (non-hydrogen) atoms. The van der Waals surface area contributed by atoms with Gasteiger partial charge in [0.15, 0.2) is 5.84 Å². The molecule has 0 bridgehead atoms. The first-order valence-corrected chi connectivity index (χ1v) is 11.0. The highest BCUT2D eigenvalue weighted by molar-refractivity contribution is 7.98. The molecule has 0 amide bonds. The summed E-state index contributed by atoms with van der Waals surface area (Å²) in [5.74, 6) is 2.53. The highest BCUT2D eigenvalue weighted by Crippen LogP contribution is 2.36. The van der Waals surface area contributed by atoms with Gasteiger partial charge >= 0.3 is 0 Å². The van der Waals surface area contributed by atoms with Crippen LogP contribution in [0.2, 0.25) is 0 Å². The quantitative estimate of drug-likeness (QED) is 0.320. The smallest absolute Gasteiger partial charge is 0.168 e. The van der Waals surface area contributed by atoms with Gasteiger partial charge in [0.2, 0.25) is 0 Å². The van der Waals surface area contributed by atoms with Crippen LogP contribution in [0.15, 0.2) is 51.8 Å². The number of unbranched alkanes of at least 4 members (excludes halogenated alkanes) is 4. The van der Waals surface area contributed by atoms with Gasteiger partial charge in [0, 0.05) is 17.5 Å². The summed E-state index contributed by atoms with van der Waals surface area (Å²) >= 11 is 1.46. The third kappa shape index (κ3) is 5.93. The monoisotopic (exact) mass is 397 g/mol. The van der Waals surface area contributed by atoms with Crippen LogP contribution in [0.25, 0.3) is 0 Å². The average Bonchev–Trinajstić information content (AvgIpc) is 2.74. The number of benzene rings is 2. The van der Waals surface area contributed by atoms with Gasteiger partial charge in [-0.3, -0.25) is 0 Å². The summed E-state index contributed by atoms with van der Waals surface area (Å²) in [6.45, 7) is 5.90. The van der Waals surface area contributed by atoms with E-state index >= 15 is 0 Å². The number of fused-ring (bicyclic) bond motifs is 1. The Morgan fingerprint density at radius 1 is 0.786 bits per heavy atom. The van der Waals surface area contributed by atoms with Gasteiger partial charge in [0.1, 0.15) is 11.5 Å². The normalized spacial score (nSPS) is 12.7. The summed E-state index contributed by atoms with van der Waals surface area (Å²) in [5, 5.41) is 4.72. The van der Waals surface area contributed by atoms with Crippen molar-refractivity contribution >= 4 is 23.5 Å². The molecule has 0 fully saturated rings. The lowest BCUT2D eigenvalue weighted by molar-refractivity contribution is 0.304. The molecule has 4 nitrogen and oxygen atoms in total. The molecule has 1 radical (unpaired) electrons. The zero-order valence-corrected chi connectivity index (χ0v) is 17.6. The van der Waals surface area contributed by atoms with Crippen LogP contribution in [0.1, 0.15) is 57.9 Å². The van der Waals surface area contributed by atoms with Crippen LogP contribution >= 0.6 is 11.9 Å². The molecule has 0 unspecified atom stereocenters. The minimum absolute atomic E-state index is 0.742. The van der Waals surface area contributed by atoms with Crippen molar-refractivity contribution in [1.29, 1.82) is 0 Å². The Morgan fingerprint density at radius 2 is 1.50 bits per heavy atom. The molecule has 0 spiro atoms. The molecule has 2 aromatic rings.